The highest BCUT2D eigenvalue weighted by atomic mass is 16.5. The maximum atomic E-state index is 12.2. The van der Waals surface area contributed by atoms with Crippen molar-refractivity contribution in [1.29, 1.82) is 0 Å². The SMILES string of the molecule is Cc1nn(CC(C)C)c(C)c1CC(=O)NCCN1CCOCC1. The summed E-state index contributed by atoms with van der Waals surface area (Å²) in [4.78, 5) is 14.5. The second-order valence-electron chi connectivity index (χ2n) is 6.71. The average Bonchev–Trinajstić information content (AvgIpc) is 2.75. The van der Waals surface area contributed by atoms with Crippen molar-refractivity contribution < 1.29 is 9.53 Å². The smallest absolute Gasteiger partial charge is 0.224 e. The molecule has 0 aromatic carbocycles. The Hall–Kier alpha value is -1.40. The quantitative estimate of drug-likeness (QED) is 0.818. The van der Waals surface area contributed by atoms with Gasteiger partial charge in [0.2, 0.25) is 5.91 Å². The Balaban J connectivity index is 1.81. The van der Waals surface area contributed by atoms with E-state index in [1.54, 1.807) is 0 Å². The highest BCUT2D eigenvalue weighted by Gasteiger charge is 2.16. The second-order valence-corrected chi connectivity index (χ2v) is 6.71. The predicted molar refractivity (Wildman–Crippen MR) is 90.5 cm³/mol. The average molecular weight is 322 g/mol. The number of aromatic nitrogens is 2. The van der Waals surface area contributed by atoms with Gasteiger partial charge < -0.3 is 10.1 Å². The first-order chi connectivity index (χ1) is 11.0. The lowest BCUT2D eigenvalue weighted by molar-refractivity contribution is -0.120. The molecule has 6 nitrogen and oxygen atoms in total. The topological polar surface area (TPSA) is 59.4 Å². The largest absolute Gasteiger partial charge is 0.379 e. The Morgan fingerprint density at radius 1 is 1.30 bits per heavy atom. The fraction of sp³-hybridized carbons (Fsp3) is 0.765. The zero-order chi connectivity index (χ0) is 16.8. The number of amides is 1. The fourth-order valence-corrected chi connectivity index (χ4v) is 2.91. The van der Waals surface area contributed by atoms with Crippen LogP contribution < -0.4 is 5.32 Å². The highest BCUT2D eigenvalue weighted by molar-refractivity contribution is 5.79. The van der Waals surface area contributed by atoms with Gasteiger partial charge in [0.15, 0.2) is 0 Å². The second kappa shape index (κ2) is 8.45. The molecule has 23 heavy (non-hydrogen) atoms. The molecule has 0 saturated carbocycles. The van der Waals surface area contributed by atoms with Crippen LogP contribution in [0.2, 0.25) is 0 Å². The van der Waals surface area contributed by atoms with E-state index in [9.17, 15) is 4.79 Å². The van der Waals surface area contributed by atoms with Crippen LogP contribution in [-0.2, 0) is 22.5 Å². The first-order valence-corrected chi connectivity index (χ1v) is 8.57. The van der Waals surface area contributed by atoms with Crippen molar-refractivity contribution in [1.82, 2.24) is 20.0 Å². The van der Waals surface area contributed by atoms with E-state index in [4.69, 9.17) is 4.74 Å². The number of rotatable bonds is 7. The summed E-state index contributed by atoms with van der Waals surface area (Å²) in [5.74, 6) is 0.622. The summed E-state index contributed by atoms with van der Waals surface area (Å²) in [6, 6.07) is 0. The Labute approximate surface area is 139 Å². The van der Waals surface area contributed by atoms with Gasteiger partial charge in [0.25, 0.3) is 0 Å². The van der Waals surface area contributed by atoms with Gasteiger partial charge in [-0.2, -0.15) is 5.10 Å². The van der Waals surface area contributed by atoms with Crippen molar-refractivity contribution in [2.24, 2.45) is 5.92 Å². The van der Waals surface area contributed by atoms with Crippen molar-refractivity contribution >= 4 is 5.91 Å². The Bertz CT molecular complexity index is 519. The number of aryl methyl sites for hydroxylation is 1. The van der Waals surface area contributed by atoms with E-state index < -0.39 is 0 Å². The van der Waals surface area contributed by atoms with Gasteiger partial charge in [0.1, 0.15) is 0 Å². The molecule has 1 amide bonds. The van der Waals surface area contributed by atoms with E-state index in [0.717, 1.165) is 56.3 Å². The third kappa shape index (κ3) is 5.32. The number of nitrogens with zero attached hydrogens (tertiary/aromatic N) is 3. The summed E-state index contributed by atoms with van der Waals surface area (Å²) >= 11 is 0. The van der Waals surface area contributed by atoms with Gasteiger partial charge in [-0.15, -0.1) is 0 Å². The van der Waals surface area contributed by atoms with Crippen LogP contribution in [0.1, 0.15) is 30.8 Å². The number of hydrogen-bond donors (Lipinski definition) is 1. The standard InChI is InChI=1S/C17H30N4O2/c1-13(2)12-21-15(4)16(14(3)19-21)11-17(22)18-5-6-20-7-9-23-10-8-20/h13H,5-12H2,1-4H3,(H,18,22). The predicted octanol–water partition coefficient (Wildman–Crippen LogP) is 1.15. The van der Waals surface area contributed by atoms with Crippen LogP contribution in [0.25, 0.3) is 0 Å². The number of hydrogen-bond acceptors (Lipinski definition) is 4. The summed E-state index contributed by atoms with van der Waals surface area (Å²) < 4.78 is 7.35. The molecule has 0 unspecified atom stereocenters. The molecular formula is C17H30N4O2. The van der Waals surface area contributed by atoms with Crippen LogP contribution in [0.3, 0.4) is 0 Å². The highest BCUT2D eigenvalue weighted by Crippen LogP contribution is 2.15. The van der Waals surface area contributed by atoms with Gasteiger partial charge in [-0.1, -0.05) is 13.8 Å². The van der Waals surface area contributed by atoms with Gasteiger partial charge in [0.05, 0.1) is 25.3 Å². The molecule has 2 heterocycles. The van der Waals surface area contributed by atoms with Crippen LogP contribution in [0.5, 0.6) is 0 Å². The molecule has 0 bridgehead atoms. The summed E-state index contributed by atoms with van der Waals surface area (Å²) in [6.07, 6.45) is 0.416. The molecule has 0 radical (unpaired) electrons. The van der Waals surface area contributed by atoms with E-state index in [1.807, 2.05) is 11.6 Å². The van der Waals surface area contributed by atoms with Gasteiger partial charge in [-0.25, -0.2) is 0 Å². The van der Waals surface area contributed by atoms with Crippen LogP contribution in [0.15, 0.2) is 0 Å². The molecule has 2 rings (SSSR count). The van der Waals surface area contributed by atoms with Crippen molar-refractivity contribution in [2.75, 3.05) is 39.4 Å². The van der Waals surface area contributed by atoms with E-state index in [-0.39, 0.29) is 5.91 Å². The molecule has 0 atom stereocenters. The van der Waals surface area contributed by atoms with E-state index in [1.165, 1.54) is 0 Å². The molecule has 1 fully saturated rings. The molecule has 6 heteroatoms. The van der Waals surface area contributed by atoms with Crippen LogP contribution in [0, 0.1) is 19.8 Å². The molecule has 1 aliphatic heterocycles. The lowest BCUT2D eigenvalue weighted by Crippen LogP contribution is -2.41. The molecule has 1 aromatic heterocycles. The van der Waals surface area contributed by atoms with Crippen LogP contribution in [-0.4, -0.2) is 60.0 Å². The molecular weight excluding hydrogens is 292 g/mol. The number of ether oxygens (including phenoxy) is 1. The minimum atomic E-state index is 0.0774. The van der Waals surface area contributed by atoms with Crippen molar-refractivity contribution in [3.05, 3.63) is 17.0 Å². The van der Waals surface area contributed by atoms with Crippen molar-refractivity contribution in [3.63, 3.8) is 0 Å². The lowest BCUT2D eigenvalue weighted by Gasteiger charge is -2.26. The summed E-state index contributed by atoms with van der Waals surface area (Å²) in [6.45, 7) is 14.4. The molecule has 1 aromatic rings. The monoisotopic (exact) mass is 322 g/mol. The van der Waals surface area contributed by atoms with Gasteiger partial charge in [-0.05, 0) is 19.8 Å². The minimum Gasteiger partial charge on any atom is -0.379 e. The third-order valence-corrected chi connectivity index (χ3v) is 4.26. The number of carbonyl (C=O) groups is 1. The van der Waals surface area contributed by atoms with Crippen molar-refractivity contribution in [3.8, 4) is 0 Å². The summed E-state index contributed by atoms with van der Waals surface area (Å²) in [5.41, 5.74) is 3.14. The van der Waals surface area contributed by atoms with E-state index in [2.05, 4.69) is 36.1 Å². The Morgan fingerprint density at radius 2 is 2.00 bits per heavy atom. The Kier molecular flexibility index (Phi) is 6.59. The molecule has 1 N–H and O–H groups in total. The fourth-order valence-electron chi connectivity index (χ4n) is 2.91. The zero-order valence-corrected chi connectivity index (χ0v) is 14.9. The van der Waals surface area contributed by atoms with Crippen molar-refractivity contribution in [2.45, 2.75) is 40.7 Å². The van der Waals surface area contributed by atoms with E-state index in [0.29, 0.717) is 18.9 Å². The molecule has 1 saturated heterocycles. The number of nitrogens with one attached hydrogen (secondary N) is 1. The third-order valence-electron chi connectivity index (χ3n) is 4.26. The molecule has 130 valence electrons. The zero-order valence-electron chi connectivity index (χ0n) is 14.9. The molecule has 1 aliphatic rings. The van der Waals surface area contributed by atoms with Gasteiger partial charge in [0, 0.05) is 44.0 Å². The van der Waals surface area contributed by atoms with Gasteiger partial charge in [-0.3, -0.25) is 14.4 Å². The van der Waals surface area contributed by atoms with Crippen LogP contribution in [0.4, 0.5) is 0 Å². The summed E-state index contributed by atoms with van der Waals surface area (Å²) in [5, 5.41) is 7.60. The normalized spacial score (nSPS) is 16.0. The van der Waals surface area contributed by atoms with Gasteiger partial charge >= 0.3 is 0 Å². The Morgan fingerprint density at radius 3 is 2.65 bits per heavy atom. The maximum absolute atomic E-state index is 12.2. The maximum Gasteiger partial charge on any atom is 0.224 e. The molecule has 0 aliphatic carbocycles. The first kappa shape index (κ1) is 17.9. The minimum absolute atomic E-state index is 0.0774. The summed E-state index contributed by atoms with van der Waals surface area (Å²) in [7, 11) is 0. The number of morpholine rings is 1. The first-order valence-electron chi connectivity index (χ1n) is 8.57. The molecule has 0 spiro atoms. The van der Waals surface area contributed by atoms with E-state index >= 15 is 0 Å². The number of carbonyl (C=O) groups excluding carboxylic acids is 1. The van der Waals surface area contributed by atoms with Crippen LogP contribution >= 0.6 is 0 Å². The lowest BCUT2D eigenvalue weighted by atomic mass is 10.1.